The zero-order chi connectivity index (χ0) is 17.2. The van der Waals surface area contributed by atoms with E-state index < -0.39 is 0 Å². The van der Waals surface area contributed by atoms with Crippen LogP contribution in [-0.4, -0.2) is 69.9 Å². The number of carbonyl (C=O) groups excluding carboxylic acids is 1. The van der Waals surface area contributed by atoms with Crippen LogP contribution >= 0.6 is 0 Å². The molecule has 2 aromatic rings. The summed E-state index contributed by atoms with van der Waals surface area (Å²) in [6.07, 6.45) is 4.30. The number of anilines is 1. The van der Waals surface area contributed by atoms with Crippen molar-refractivity contribution in [2.24, 2.45) is 5.92 Å². The molecule has 1 atom stereocenters. The van der Waals surface area contributed by atoms with E-state index in [4.69, 9.17) is 4.74 Å². The summed E-state index contributed by atoms with van der Waals surface area (Å²) < 4.78 is 7.08. The lowest BCUT2D eigenvalue weighted by molar-refractivity contribution is -0.135. The van der Waals surface area contributed by atoms with Crippen LogP contribution in [0.2, 0.25) is 0 Å². The molecule has 0 aromatic carbocycles. The Hall–Kier alpha value is -2.48. The van der Waals surface area contributed by atoms with E-state index in [0.29, 0.717) is 13.2 Å². The van der Waals surface area contributed by atoms with Gasteiger partial charge in [0.2, 0.25) is 5.91 Å². The number of ether oxygens (including phenoxy) is 1. The molecule has 2 fully saturated rings. The highest BCUT2D eigenvalue weighted by Gasteiger charge is 2.30. The van der Waals surface area contributed by atoms with Gasteiger partial charge in [0, 0.05) is 45.0 Å². The summed E-state index contributed by atoms with van der Waals surface area (Å²) in [6, 6.07) is 3.88. The molecular weight excluding hydrogens is 320 g/mol. The predicted octanol–water partition coefficient (Wildman–Crippen LogP) is 0.656. The van der Waals surface area contributed by atoms with Crippen molar-refractivity contribution in [3.05, 3.63) is 30.4 Å². The first-order chi connectivity index (χ1) is 12.2. The van der Waals surface area contributed by atoms with Gasteiger partial charge in [-0.2, -0.15) is 5.10 Å². The normalized spacial score (nSPS) is 20.9. The second kappa shape index (κ2) is 6.79. The first kappa shape index (κ1) is 16.0. The monoisotopic (exact) mass is 342 g/mol. The molecule has 132 valence electrons. The topological polar surface area (TPSA) is 76.4 Å². The summed E-state index contributed by atoms with van der Waals surface area (Å²) in [5, 5.41) is 4.39. The minimum absolute atomic E-state index is 0.0419. The third-order valence-corrected chi connectivity index (χ3v) is 4.79. The first-order valence-corrected chi connectivity index (χ1v) is 8.67. The van der Waals surface area contributed by atoms with E-state index in [2.05, 4.69) is 20.0 Å². The number of amides is 1. The number of piperazine rings is 1. The molecule has 1 amide bonds. The second-order valence-electron chi connectivity index (χ2n) is 6.51. The van der Waals surface area contributed by atoms with Crippen molar-refractivity contribution in [2.75, 3.05) is 44.3 Å². The molecule has 2 aliphatic heterocycles. The number of aromatic nitrogens is 4. The van der Waals surface area contributed by atoms with Crippen LogP contribution < -0.4 is 4.90 Å². The predicted molar refractivity (Wildman–Crippen MR) is 91.6 cm³/mol. The molecule has 8 heteroatoms. The molecule has 0 aliphatic carbocycles. The van der Waals surface area contributed by atoms with Crippen LogP contribution in [0, 0.1) is 12.8 Å². The molecule has 0 radical (unpaired) electrons. The highest BCUT2D eigenvalue weighted by molar-refractivity contribution is 5.79. The molecule has 25 heavy (non-hydrogen) atoms. The van der Waals surface area contributed by atoms with Crippen molar-refractivity contribution in [3.63, 3.8) is 0 Å². The van der Waals surface area contributed by atoms with Gasteiger partial charge in [0.25, 0.3) is 0 Å². The molecule has 0 spiro atoms. The smallest absolute Gasteiger partial charge is 0.228 e. The second-order valence-corrected chi connectivity index (χ2v) is 6.51. The Morgan fingerprint density at radius 1 is 1.20 bits per heavy atom. The Morgan fingerprint density at radius 3 is 2.68 bits per heavy atom. The highest BCUT2D eigenvalue weighted by atomic mass is 16.5. The van der Waals surface area contributed by atoms with Gasteiger partial charge < -0.3 is 14.5 Å². The lowest BCUT2D eigenvalue weighted by atomic mass is 10.1. The molecule has 2 aliphatic rings. The van der Waals surface area contributed by atoms with E-state index in [1.54, 1.807) is 11.0 Å². The summed E-state index contributed by atoms with van der Waals surface area (Å²) in [4.78, 5) is 25.3. The van der Waals surface area contributed by atoms with Crippen molar-refractivity contribution < 1.29 is 9.53 Å². The van der Waals surface area contributed by atoms with Gasteiger partial charge in [-0.05, 0) is 19.4 Å². The average Bonchev–Trinajstić information content (AvgIpc) is 3.33. The van der Waals surface area contributed by atoms with Gasteiger partial charge in [-0.1, -0.05) is 0 Å². The van der Waals surface area contributed by atoms with Crippen LogP contribution in [0.25, 0.3) is 5.82 Å². The molecule has 1 unspecified atom stereocenters. The summed E-state index contributed by atoms with van der Waals surface area (Å²) in [6.45, 7) is 6.20. The number of hydrogen-bond donors (Lipinski definition) is 0. The van der Waals surface area contributed by atoms with Crippen LogP contribution in [0.5, 0.6) is 0 Å². The molecule has 4 rings (SSSR count). The minimum atomic E-state index is 0.0419. The van der Waals surface area contributed by atoms with E-state index in [0.717, 1.165) is 49.9 Å². The van der Waals surface area contributed by atoms with Gasteiger partial charge in [-0.3, -0.25) is 4.79 Å². The number of carbonyl (C=O) groups is 1. The lowest BCUT2D eigenvalue weighted by Crippen LogP contribution is -2.50. The Bertz CT molecular complexity index is 747. The number of rotatable bonds is 3. The Morgan fingerprint density at radius 2 is 2.00 bits per heavy atom. The fraction of sp³-hybridized carbons (Fsp3) is 0.529. The zero-order valence-corrected chi connectivity index (χ0v) is 14.3. The van der Waals surface area contributed by atoms with Gasteiger partial charge in [0.05, 0.1) is 18.2 Å². The minimum Gasteiger partial charge on any atom is -0.381 e. The first-order valence-electron chi connectivity index (χ1n) is 8.67. The van der Waals surface area contributed by atoms with Crippen LogP contribution in [0.3, 0.4) is 0 Å². The highest BCUT2D eigenvalue weighted by Crippen LogP contribution is 2.19. The Balaban J connectivity index is 1.41. The Labute approximate surface area is 146 Å². The molecular formula is C17H22N6O2. The van der Waals surface area contributed by atoms with Crippen molar-refractivity contribution in [3.8, 4) is 5.82 Å². The average molecular weight is 342 g/mol. The van der Waals surface area contributed by atoms with Gasteiger partial charge in [-0.15, -0.1) is 0 Å². The molecule has 4 heterocycles. The molecule has 2 saturated heterocycles. The Kier molecular flexibility index (Phi) is 4.35. The maximum absolute atomic E-state index is 12.5. The number of hydrogen-bond acceptors (Lipinski definition) is 6. The van der Waals surface area contributed by atoms with Crippen LogP contribution in [0.4, 0.5) is 5.82 Å². The van der Waals surface area contributed by atoms with E-state index >= 15 is 0 Å². The van der Waals surface area contributed by atoms with E-state index in [-0.39, 0.29) is 11.8 Å². The van der Waals surface area contributed by atoms with Crippen molar-refractivity contribution in [1.82, 2.24) is 24.6 Å². The summed E-state index contributed by atoms with van der Waals surface area (Å²) in [7, 11) is 0. The van der Waals surface area contributed by atoms with E-state index in [9.17, 15) is 4.79 Å². The van der Waals surface area contributed by atoms with Gasteiger partial charge in [0.15, 0.2) is 5.82 Å². The van der Waals surface area contributed by atoms with Crippen molar-refractivity contribution in [2.45, 2.75) is 13.3 Å². The number of nitrogens with zero attached hydrogens (tertiary/aromatic N) is 6. The van der Waals surface area contributed by atoms with Crippen molar-refractivity contribution in [1.29, 1.82) is 0 Å². The van der Waals surface area contributed by atoms with E-state index in [1.165, 1.54) is 0 Å². The van der Waals surface area contributed by atoms with Gasteiger partial charge >= 0.3 is 0 Å². The van der Waals surface area contributed by atoms with Crippen LogP contribution in [0.1, 0.15) is 12.1 Å². The molecule has 0 N–H and O–H groups in total. The van der Waals surface area contributed by atoms with Crippen LogP contribution in [0.15, 0.2) is 24.7 Å². The lowest BCUT2D eigenvalue weighted by Gasteiger charge is -2.36. The van der Waals surface area contributed by atoms with E-state index in [1.807, 2.05) is 30.2 Å². The van der Waals surface area contributed by atoms with Crippen molar-refractivity contribution >= 4 is 11.7 Å². The molecule has 8 nitrogen and oxygen atoms in total. The maximum atomic E-state index is 12.5. The number of aryl methyl sites for hydroxylation is 1. The quantitative estimate of drug-likeness (QED) is 0.815. The summed E-state index contributed by atoms with van der Waals surface area (Å²) >= 11 is 0. The molecule has 2 aromatic heterocycles. The summed E-state index contributed by atoms with van der Waals surface area (Å²) in [5.74, 6) is 1.89. The third kappa shape index (κ3) is 3.34. The molecule has 0 bridgehead atoms. The van der Waals surface area contributed by atoms with Gasteiger partial charge in [-0.25, -0.2) is 14.6 Å². The summed E-state index contributed by atoms with van der Waals surface area (Å²) in [5.41, 5.74) is 0.947. The van der Waals surface area contributed by atoms with Gasteiger partial charge in [0.1, 0.15) is 12.1 Å². The molecule has 0 saturated carbocycles. The fourth-order valence-electron chi connectivity index (χ4n) is 3.32. The van der Waals surface area contributed by atoms with Crippen LogP contribution in [-0.2, 0) is 9.53 Å². The third-order valence-electron chi connectivity index (χ3n) is 4.79. The standard InChI is InChI=1S/C17H22N6O2/c1-13-2-4-23(20-13)16-10-15(18-12-19-16)21-5-7-22(8-6-21)17(24)14-3-9-25-11-14/h2,4,10,12,14H,3,5-9,11H2,1H3. The fourth-order valence-corrected chi connectivity index (χ4v) is 3.32. The largest absolute Gasteiger partial charge is 0.381 e. The maximum Gasteiger partial charge on any atom is 0.228 e. The zero-order valence-electron chi connectivity index (χ0n) is 14.3. The SMILES string of the molecule is Cc1ccn(-c2cc(N3CCN(C(=O)C4CCOC4)CC3)ncn2)n1.